The number of rotatable bonds is 6. The monoisotopic (exact) mass is 390 g/mol. The van der Waals surface area contributed by atoms with Crippen molar-refractivity contribution in [2.75, 3.05) is 19.6 Å². The average Bonchev–Trinajstić information content (AvgIpc) is 3.19. The molecule has 1 aliphatic rings. The Morgan fingerprint density at radius 2 is 1.85 bits per heavy atom. The van der Waals surface area contributed by atoms with Crippen LogP contribution in [-0.2, 0) is 16.6 Å². The highest BCUT2D eigenvalue weighted by Gasteiger charge is 2.27. The van der Waals surface area contributed by atoms with Crippen molar-refractivity contribution in [3.05, 3.63) is 58.3 Å². The quantitative estimate of drug-likeness (QED) is 0.785. The number of carbonyl (C=O) groups is 1. The minimum Gasteiger partial charge on any atom is -0.350 e. The molecule has 144 valence electrons. The average molecular weight is 390 g/mol. The summed E-state index contributed by atoms with van der Waals surface area (Å²) in [5, 5.41) is 2.72. The molecule has 8 nitrogen and oxygen atoms in total. The summed E-state index contributed by atoms with van der Waals surface area (Å²) >= 11 is 0. The zero-order chi connectivity index (χ0) is 19.4. The van der Waals surface area contributed by atoms with Gasteiger partial charge in [0.25, 0.3) is 11.5 Å². The molecule has 1 saturated heterocycles. The molecule has 2 heterocycles. The van der Waals surface area contributed by atoms with Gasteiger partial charge in [-0.1, -0.05) is 0 Å². The summed E-state index contributed by atoms with van der Waals surface area (Å²) in [7, 11) is -3.49. The Morgan fingerprint density at radius 1 is 1.19 bits per heavy atom. The number of nitrogens with one attached hydrogen (secondary N) is 1. The van der Waals surface area contributed by atoms with Crippen molar-refractivity contribution in [3.63, 3.8) is 0 Å². The van der Waals surface area contributed by atoms with Crippen molar-refractivity contribution in [1.82, 2.24) is 19.2 Å². The molecule has 3 rings (SSSR count). The number of carbonyl (C=O) groups excluding carboxylic acids is 1. The summed E-state index contributed by atoms with van der Waals surface area (Å²) < 4.78 is 27.9. The van der Waals surface area contributed by atoms with Crippen molar-refractivity contribution < 1.29 is 13.2 Å². The fourth-order valence-corrected chi connectivity index (χ4v) is 4.45. The second-order valence-electron chi connectivity index (χ2n) is 6.45. The van der Waals surface area contributed by atoms with Gasteiger partial charge in [-0.05, 0) is 44.0 Å². The van der Waals surface area contributed by atoms with Crippen LogP contribution >= 0.6 is 0 Å². The number of sulfonamides is 1. The van der Waals surface area contributed by atoms with E-state index in [0.717, 1.165) is 12.8 Å². The van der Waals surface area contributed by atoms with E-state index in [2.05, 4.69) is 10.3 Å². The Labute approximate surface area is 157 Å². The first-order valence-electron chi connectivity index (χ1n) is 8.79. The Balaban J connectivity index is 1.59. The fraction of sp³-hybridized carbons (Fsp3) is 0.389. The highest BCUT2D eigenvalue weighted by Crippen LogP contribution is 2.21. The molecule has 0 radical (unpaired) electrons. The van der Waals surface area contributed by atoms with E-state index >= 15 is 0 Å². The van der Waals surface area contributed by atoms with Crippen molar-refractivity contribution in [2.24, 2.45) is 0 Å². The van der Waals surface area contributed by atoms with E-state index < -0.39 is 10.0 Å². The van der Waals surface area contributed by atoms with Gasteiger partial charge >= 0.3 is 0 Å². The normalized spacial score (nSPS) is 15.0. The van der Waals surface area contributed by atoms with Crippen molar-refractivity contribution in [3.8, 4) is 0 Å². The van der Waals surface area contributed by atoms with E-state index in [1.807, 2.05) is 0 Å². The summed E-state index contributed by atoms with van der Waals surface area (Å²) in [6.45, 7) is 3.38. The molecule has 0 spiro atoms. The molecular weight excluding hydrogens is 368 g/mol. The summed E-state index contributed by atoms with van der Waals surface area (Å²) in [6, 6.07) is 7.34. The first kappa shape index (κ1) is 19.2. The smallest absolute Gasteiger partial charge is 0.253 e. The van der Waals surface area contributed by atoms with E-state index in [1.165, 1.54) is 45.5 Å². The molecule has 0 aliphatic carbocycles. The number of benzene rings is 1. The minimum absolute atomic E-state index is 0.173. The van der Waals surface area contributed by atoms with Crippen LogP contribution in [0.1, 0.15) is 28.9 Å². The van der Waals surface area contributed by atoms with Crippen LogP contribution < -0.4 is 10.9 Å². The zero-order valence-corrected chi connectivity index (χ0v) is 15.9. The third-order valence-electron chi connectivity index (χ3n) is 4.47. The Hall–Kier alpha value is -2.52. The van der Waals surface area contributed by atoms with Gasteiger partial charge in [-0.3, -0.25) is 14.2 Å². The molecule has 0 bridgehead atoms. The van der Waals surface area contributed by atoms with Crippen LogP contribution in [0.25, 0.3) is 0 Å². The van der Waals surface area contributed by atoms with Crippen molar-refractivity contribution in [2.45, 2.75) is 31.2 Å². The zero-order valence-electron chi connectivity index (χ0n) is 15.1. The van der Waals surface area contributed by atoms with Gasteiger partial charge in [-0.15, -0.1) is 0 Å². The Bertz CT molecular complexity index is 977. The lowest BCUT2D eigenvalue weighted by molar-refractivity contribution is 0.0952. The number of aromatic nitrogens is 2. The predicted octanol–water partition coefficient (Wildman–Crippen LogP) is 0.766. The maximum atomic E-state index is 12.5. The van der Waals surface area contributed by atoms with E-state index in [0.29, 0.717) is 30.9 Å². The second kappa shape index (κ2) is 8.01. The van der Waals surface area contributed by atoms with Gasteiger partial charge in [0.15, 0.2) is 0 Å². The summed E-state index contributed by atoms with van der Waals surface area (Å²) in [5.74, 6) is -0.326. The Morgan fingerprint density at radius 3 is 2.48 bits per heavy atom. The van der Waals surface area contributed by atoms with Crippen LogP contribution in [0.15, 0.2) is 46.3 Å². The van der Waals surface area contributed by atoms with Gasteiger partial charge in [0.05, 0.1) is 11.2 Å². The SMILES string of the molecule is Cc1cc(=O)n(CCNC(=O)c2ccc(S(=O)(=O)N3CCCC3)cc2)cn1. The molecule has 27 heavy (non-hydrogen) atoms. The van der Waals surface area contributed by atoms with Crippen LogP contribution in [0.4, 0.5) is 0 Å². The standard InChI is InChI=1S/C18H22N4O4S/c1-14-12-17(23)21(13-20-14)11-8-19-18(24)15-4-6-16(7-5-15)27(25,26)22-9-2-3-10-22/h4-7,12-13H,2-3,8-11H2,1H3,(H,19,24). The number of nitrogens with zero attached hydrogens (tertiary/aromatic N) is 3. The maximum Gasteiger partial charge on any atom is 0.253 e. The van der Waals surface area contributed by atoms with Crippen LogP contribution in [0.5, 0.6) is 0 Å². The second-order valence-corrected chi connectivity index (χ2v) is 8.39. The topological polar surface area (TPSA) is 101 Å². The molecule has 0 atom stereocenters. The van der Waals surface area contributed by atoms with Gasteiger partial charge in [-0.2, -0.15) is 4.31 Å². The van der Waals surface area contributed by atoms with E-state index in [9.17, 15) is 18.0 Å². The first-order valence-corrected chi connectivity index (χ1v) is 10.2. The van der Waals surface area contributed by atoms with Crippen molar-refractivity contribution >= 4 is 15.9 Å². The maximum absolute atomic E-state index is 12.5. The van der Waals surface area contributed by atoms with Gasteiger partial charge in [0.2, 0.25) is 10.0 Å². The van der Waals surface area contributed by atoms with Gasteiger partial charge in [0, 0.05) is 43.5 Å². The van der Waals surface area contributed by atoms with Crippen molar-refractivity contribution in [1.29, 1.82) is 0 Å². The molecule has 1 aromatic heterocycles. The highest BCUT2D eigenvalue weighted by molar-refractivity contribution is 7.89. The molecular formula is C18H22N4O4S. The fourth-order valence-electron chi connectivity index (χ4n) is 2.93. The number of hydrogen-bond acceptors (Lipinski definition) is 5. The van der Waals surface area contributed by atoms with Crippen LogP contribution in [0.2, 0.25) is 0 Å². The van der Waals surface area contributed by atoms with Gasteiger partial charge < -0.3 is 5.32 Å². The van der Waals surface area contributed by atoms with Crippen LogP contribution in [0, 0.1) is 6.92 Å². The van der Waals surface area contributed by atoms with E-state index in [1.54, 1.807) is 6.92 Å². The molecule has 1 fully saturated rings. The molecule has 0 saturated carbocycles. The number of aryl methyl sites for hydroxylation is 1. The molecule has 1 amide bonds. The minimum atomic E-state index is -3.49. The number of amides is 1. The molecule has 9 heteroatoms. The molecule has 1 N–H and O–H groups in total. The predicted molar refractivity (Wildman–Crippen MR) is 100 cm³/mol. The third-order valence-corrected chi connectivity index (χ3v) is 6.39. The molecule has 0 unspecified atom stereocenters. The largest absolute Gasteiger partial charge is 0.350 e. The van der Waals surface area contributed by atoms with E-state index in [4.69, 9.17) is 0 Å². The van der Waals surface area contributed by atoms with Gasteiger partial charge in [0.1, 0.15) is 0 Å². The summed E-state index contributed by atoms with van der Waals surface area (Å²) in [4.78, 5) is 28.2. The first-order chi connectivity index (χ1) is 12.9. The highest BCUT2D eigenvalue weighted by atomic mass is 32.2. The Kier molecular flexibility index (Phi) is 5.71. The van der Waals surface area contributed by atoms with Gasteiger partial charge in [-0.25, -0.2) is 13.4 Å². The van der Waals surface area contributed by atoms with Crippen LogP contribution in [0.3, 0.4) is 0 Å². The summed E-state index contributed by atoms with van der Waals surface area (Å²) in [6.07, 6.45) is 3.19. The lowest BCUT2D eigenvalue weighted by Gasteiger charge is -2.15. The molecule has 2 aromatic rings. The van der Waals surface area contributed by atoms with E-state index in [-0.39, 0.29) is 22.9 Å². The lowest BCUT2D eigenvalue weighted by atomic mass is 10.2. The summed E-state index contributed by atoms with van der Waals surface area (Å²) in [5.41, 5.74) is 0.835. The number of hydrogen-bond donors (Lipinski definition) is 1. The molecule has 1 aromatic carbocycles. The third kappa shape index (κ3) is 4.42. The molecule has 1 aliphatic heterocycles. The lowest BCUT2D eigenvalue weighted by Crippen LogP contribution is -2.31. The van der Waals surface area contributed by atoms with Crippen LogP contribution in [-0.4, -0.2) is 47.8 Å².